The summed E-state index contributed by atoms with van der Waals surface area (Å²) in [4.78, 5) is 20.7. The van der Waals surface area contributed by atoms with Crippen molar-refractivity contribution in [2.24, 2.45) is 4.99 Å². The molecule has 0 saturated carbocycles. The van der Waals surface area contributed by atoms with Crippen LogP contribution < -0.4 is 10.1 Å². The van der Waals surface area contributed by atoms with E-state index in [0.29, 0.717) is 13.2 Å². The lowest BCUT2D eigenvalue weighted by Gasteiger charge is -2.26. The Hall–Kier alpha value is -1.51. The number of rotatable bonds is 7. The van der Waals surface area contributed by atoms with Crippen LogP contribution in [-0.2, 0) is 4.79 Å². The highest BCUT2D eigenvalue weighted by Gasteiger charge is 2.16. The minimum absolute atomic E-state index is 0. The minimum atomic E-state index is 0. The highest BCUT2D eigenvalue weighted by atomic mass is 127. The molecule has 1 aromatic carbocycles. The second kappa shape index (κ2) is 12.8. The average Bonchev–Trinajstić information content (AvgIpc) is 2.66. The maximum absolute atomic E-state index is 12.3. The van der Waals surface area contributed by atoms with E-state index in [0.717, 1.165) is 44.2 Å². The molecule has 1 saturated heterocycles. The number of carbonyl (C=O) groups is 1. The van der Waals surface area contributed by atoms with Crippen molar-refractivity contribution >= 4 is 35.8 Å². The zero-order valence-corrected chi connectivity index (χ0v) is 18.1. The van der Waals surface area contributed by atoms with Crippen LogP contribution in [0.1, 0.15) is 26.2 Å². The largest absolute Gasteiger partial charge is 0.492 e. The van der Waals surface area contributed by atoms with Crippen molar-refractivity contribution in [3.63, 3.8) is 0 Å². The van der Waals surface area contributed by atoms with E-state index in [1.807, 2.05) is 54.1 Å². The fraction of sp³-hybridized carbons (Fsp3) is 0.579. The van der Waals surface area contributed by atoms with Gasteiger partial charge < -0.3 is 19.9 Å². The number of amides is 1. The molecule has 0 spiro atoms. The van der Waals surface area contributed by atoms with Gasteiger partial charge in [0.1, 0.15) is 18.9 Å². The number of carbonyl (C=O) groups excluding carboxylic acids is 1. The number of benzene rings is 1. The van der Waals surface area contributed by atoms with Gasteiger partial charge in [-0.15, -0.1) is 24.0 Å². The zero-order chi connectivity index (χ0) is 17.9. The highest BCUT2D eigenvalue weighted by molar-refractivity contribution is 14.0. The van der Waals surface area contributed by atoms with Gasteiger partial charge in [-0.2, -0.15) is 0 Å². The Morgan fingerprint density at radius 1 is 1.23 bits per heavy atom. The molecular formula is C19H31IN4O2. The van der Waals surface area contributed by atoms with E-state index >= 15 is 0 Å². The molecule has 0 unspecified atom stereocenters. The van der Waals surface area contributed by atoms with E-state index in [4.69, 9.17) is 4.74 Å². The van der Waals surface area contributed by atoms with Crippen LogP contribution in [0.5, 0.6) is 5.75 Å². The summed E-state index contributed by atoms with van der Waals surface area (Å²) < 4.78 is 5.73. The molecule has 0 aliphatic carbocycles. The summed E-state index contributed by atoms with van der Waals surface area (Å²) in [5.74, 6) is 1.71. The summed E-state index contributed by atoms with van der Waals surface area (Å²) in [5.41, 5.74) is 0. The second-order valence-corrected chi connectivity index (χ2v) is 6.19. The summed E-state index contributed by atoms with van der Waals surface area (Å²) >= 11 is 0. The summed E-state index contributed by atoms with van der Waals surface area (Å²) in [6, 6.07) is 9.76. The van der Waals surface area contributed by atoms with Crippen molar-refractivity contribution < 1.29 is 9.53 Å². The number of nitrogens with one attached hydrogen (secondary N) is 1. The Balaban J connectivity index is 0.00000338. The third-order valence-electron chi connectivity index (χ3n) is 4.21. The van der Waals surface area contributed by atoms with E-state index < -0.39 is 0 Å². The summed E-state index contributed by atoms with van der Waals surface area (Å²) in [5, 5.41) is 3.24. The number of hydrogen-bond acceptors (Lipinski definition) is 3. The summed E-state index contributed by atoms with van der Waals surface area (Å²) in [6.07, 6.45) is 3.43. The molecule has 2 rings (SSSR count). The number of ether oxygens (including phenoxy) is 1. The maximum Gasteiger partial charge on any atom is 0.244 e. The van der Waals surface area contributed by atoms with E-state index in [2.05, 4.69) is 10.3 Å². The molecular weight excluding hydrogens is 443 g/mol. The third-order valence-corrected chi connectivity index (χ3v) is 4.21. The topological polar surface area (TPSA) is 57.2 Å². The molecule has 1 fully saturated rings. The van der Waals surface area contributed by atoms with E-state index in [9.17, 15) is 4.79 Å². The van der Waals surface area contributed by atoms with Crippen LogP contribution in [0.2, 0.25) is 0 Å². The minimum Gasteiger partial charge on any atom is -0.492 e. The molecule has 26 heavy (non-hydrogen) atoms. The van der Waals surface area contributed by atoms with Crippen LogP contribution in [0.15, 0.2) is 35.3 Å². The van der Waals surface area contributed by atoms with Crippen molar-refractivity contribution in [2.75, 3.05) is 46.4 Å². The van der Waals surface area contributed by atoms with E-state index in [1.165, 1.54) is 6.42 Å². The Morgan fingerprint density at radius 2 is 1.92 bits per heavy atom. The first-order valence-electron chi connectivity index (χ1n) is 9.15. The number of hydrogen-bond donors (Lipinski definition) is 1. The van der Waals surface area contributed by atoms with Gasteiger partial charge in [0.25, 0.3) is 0 Å². The molecule has 6 nitrogen and oxygen atoms in total. The Kier molecular flexibility index (Phi) is 11.1. The van der Waals surface area contributed by atoms with Crippen molar-refractivity contribution in [1.82, 2.24) is 15.1 Å². The molecule has 1 amide bonds. The normalized spacial score (nSPS) is 14.4. The number of likely N-dealkylation sites (N-methyl/N-ethyl adjacent to an activating group) is 1. The standard InChI is InChI=1S/C19H30N4O2.HI/c1-3-20-19(21-16-18(24)23-12-8-5-9-13-23)22(2)14-15-25-17-10-6-4-7-11-17;/h4,6-7,10-11H,3,5,8-9,12-16H2,1-2H3,(H,20,21);1H. The van der Waals surface area contributed by atoms with Gasteiger partial charge in [0.2, 0.25) is 5.91 Å². The zero-order valence-electron chi connectivity index (χ0n) is 15.8. The van der Waals surface area contributed by atoms with Crippen LogP contribution in [0.25, 0.3) is 0 Å². The van der Waals surface area contributed by atoms with Gasteiger partial charge in [-0.05, 0) is 38.3 Å². The third kappa shape index (κ3) is 7.80. The van der Waals surface area contributed by atoms with Crippen LogP contribution in [0.4, 0.5) is 0 Å². The summed E-state index contributed by atoms with van der Waals surface area (Å²) in [7, 11) is 1.96. The van der Waals surface area contributed by atoms with E-state index in [1.54, 1.807) is 0 Å². The van der Waals surface area contributed by atoms with Gasteiger partial charge in [0.05, 0.1) is 6.54 Å². The van der Waals surface area contributed by atoms with Crippen molar-refractivity contribution in [3.05, 3.63) is 30.3 Å². The fourth-order valence-corrected chi connectivity index (χ4v) is 2.78. The summed E-state index contributed by atoms with van der Waals surface area (Å²) in [6.45, 7) is 5.98. The molecule has 1 N–H and O–H groups in total. The van der Waals surface area contributed by atoms with Crippen LogP contribution in [0.3, 0.4) is 0 Å². The Bertz CT molecular complexity index is 548. The first-order chi connectivity index (χ1) is 12.2. The predicted octanol–water partition coefficient (Wildman–Crippen LogP) is 2.59. The number of aliphatic imine (C=N–C) groups is 1. The van der Waals surface area contributed by atoms with Gasteiger partial charge in [-0.1, -0.05) is 18.2 Å². The van der Waals surface area contributed by atoms with Gasteiger partial charge in [-0.25, -0.2) is 4.99 Å². The molecule has 7 heteroatoms. The van der Waals surface area contributed by atoms with Crippen molar-refractivity contribution in [1.29, 1.82) is 0 Å². The van der Waals surface area contributed by atoms with Crippen molar-refractivity contribution in [3.8, 4) is 5.75 Å². The molecule has 146 valence electrons. The molecule has 0 aromatic heterocycles. The van der Waals surface area contributed by atoms with Crippen molar-refractivity contribution in [2.45, 2.75) is 26.2 Å². The number of likely N-dealkylation sites (tertiary alicyclic amines) is 1. The SMILES string of the molecule is CCNC(=NCC(=O)N1CCCCC1)N(C)CCOc1ccccc1.I. The number of halogens is 1. The van der Waals surface area contributed by atoms with Gasteiger partial charge in [-0.3, -0.25) is 4.79 Å². The number of nitrogens with zero attached hydrogens (tertiary/aromatic N) is 3. The second-order valence-electron chi connectivity index (χ2n) is 6.19. The maximum atomic E-state index is 12.3. The van der Waals surface area contributed by atoms with E-state index in [-0.39, 0.29) is 36.4 Å². The quantitative estimate of drug-likeness (QED) is 0.375. The molecule has 1 aromatic rings. The number of piperidine rings is 1. The predicted molar refractivity (Wildman–Crippen MR) is 116 cm³/mol. The van der Waals surface area contributed by atoms with Gasteiger partial charge >= 0.3 is 0 Å². The number of para-hydroxylation sites is 1. The Morgan fingerprint density at radius 3 is 2.58 bits per heavy atom. The van der Waals surface area contributed by atoms with Crippen LogP contribution in [0, 0.1) is 0 Å². The lowest BCUT2D eigenvalue weighted by atomic mass is 10.1. The smallest absolute Gasteiger partial charge is 0.244 e. The highest BCUT2D eigenvalue weighted by Crippen LogP contribution is 2.09. The van der Waals surface area contributed by atoms with Crippen LogP contribution in [-0.4, -0.2) is 68.0 Å². The first kappa shape index (κ1) is 22.5. The lowest BCUT2D eigenvalue weighted by Crippen LogP contribution is -2.42. The molecule has 1 aliphatic rings. The lowest BCUT2D eigenvalue weighted by molar-refractivity contribution is -0.130. The van der Waals surface area contributed by atoms with Crippen LogP contribution >= 0.6 is 24.0 Å². The van der Waals surface area contributed by atoms with Gasteiger partial charge in [0.15, 0.2) is 5.96 Å². The molecule has 1 heterocycles. The Labute approximate surface area is 174 Å². The molecule has 0 bridgehead atoms. The molecule has 0 atom stereocenters. The first-order valence-corrected chi connectivity index (χ1v) is 9.15. The fourth-order valence-electron chi connectivity index (χ4n) is 2.78. The van der Waals surface area contributed by atoms with Gasteiger partial charge in [0, 0.05) is 26.7 Å². The average molecular weight is 474 g/mol. The number of guanidine groups is 1. The molecule has 1 aliphatic heterocycles. The monoisotopic (exact) mass is 474 g/mol. The molecule has 0 radical (unpaired) electrons.